The number of nitrogens with one attached hydrogen (secondary N) is 1. The van der Waals surface area contributed by atoms with Gasteiger partial charge in [0.2, 0.25) is 0 Å². The number of ether oxygens (including phenoxy) is 3. The number of anilines is 1. The molecule has 1 aromatic heterocycles. The Morgan fingerprint density at radius 3 is 2.60 bits per heavy atom. The van der Waals surface area contributed by atoms with Crippen LogP contribution in [0.4, 0.5) is 5.13 Å². The zero-order valence-corrected chi connectivity index (χ0v) is 17.5. The van der Waals surface area contributed by atoms with Crippen molar-refractivity contribution in [3.8, 4) is 28.5 Å². The summed E-state index contributed by atoms with van der Waals surface area (Å²) in [5.41, 5.74) is 1.93. The largest absolute Gasteiger partial charge is 0.496 e. The standard InChI is InChI=1S/C22H22N2O5S/c1-3-11-28-17-8-9-20(27-2)18(13-17)19-14-30-22(23-19)24-21(26)15-4-6-16(7-5-15)29-12-10-25/h4-10,13-14H,3,11-12H2,1-2H3,(H,23,24,26). The fourth-order valence-electron chi connectivity index (χ4n) is 2.65. The van der Waals surface area contributed by atoms with Gasteiger partial charge in [-0.25, -0.2) is 4.98 Å². The molecule has 1 heterocycles. The molecule has 3 aromatic rings. The van der Waals surface area contributed by atoms with Crippen LogP contribution in [0.1, 0.15) is 23.7 Å². The number of hydrogen-bond acceptors (Lipinski definition) is 7. The summed E-state index contributed by atoms with van der Waals surface area (Å²) in [6, 6.07) is 12.1. The van der Waals surface area contributed by atoms with Crippen LogP contribution in [-0.2, 0) is 4.79 Å². The van der Waals surface area contributed by atoms with E-state index >= 15 is 0 Å². The number of aromatic nitrogens is 1. The zero-order chi connectivity index (χ0) is 21.3. The molecule has 0 spiro atoms. The van der Waals surface area contributed by atoms with Crippen LogP contribution >= 0.6 is 11.3 Å². The van der Waals surface area contributed by atoms with Crippen molar-refractivity contribution >= 4 is 28.7 Å². The van der Waals surface area contributed by atoms with Crippen molar-refractivity contribution in [2.75, 3.05) is 25.6 Å². The average molecular weight is 426 g/mol. The third-order valence-corrected chi connectivity index (χ3v) is 4.84. The molecule has 0 atom stereocenters. The summed E-state index contributed by atoms with van der Waals surface area (Å²) < 4.78 is 16.3. The van der Waals surface area contributed by atoms with Crippen LogP contribution in [0.25, 0.3) is 11.3 Å². The van der Waals surface area contributed by atoms with Gasteiger partial charge in [-0.05, 0) is 48.9 Å². The summed E-state index contributed by atoms with van der Waals surface area (Å²) in [6.07, 6.45) is 1.58. The summed E-state index contributed by atoms with van der Waals surface area (Å²) in [7, 11) is 1.60. The highest BCUT2D eigenvalue weighted by Crippen LogP contribution is 2.35. The van der Waals surface area contributed by atoms with Gasteiger partial charge in [0.1, 0.15) is 23.9 Å². The number of aldehydes is 1. The van der Waals surface area contributed by atoms with Gasteiger partial charge in [-0.2, -0.15) is 0 Å². The van der Waals surface area contributed by atoms with Gasteiger partial charge < -0.3 is 14.2 Å². The van der Waals surface area contributed by atoms with E-state index in [2.05, 4.69) is 10.3 Å². The number of nitrogens with zero attached hydrogens (tertiary/aromatic N) is 1. The molecular weight excluding hydrogens is 404 g/mol. The van der Waals surface area contributed by atoms with Crippen LogP contribution in [0.5, 0.6) is 17.2 Å². The highest BCUT2D eigenvalue weighted by atomic mass is 32.1. The molecule has 0 unspecified atom stereocenters. The minimum absolute atomic E-state index is 0.0262. The molecule has 0 aliphatic carbocycles. The third-order valence-electron chi connectivity index (χ3n) is 4.08. The Morgan fingerprint density at radius 1 is 1.13 bits per heavy atom. The van der Waals surface area contributed by atoms with Crippen molar-refractivity contribution in [2.45, 2.75) is 13.3 Å². The summed E-state index contributed by atoms with van der Waals surface area (Å²) in [5.74, 6) is 1.65. The van der Waals surface area contributed by atoms with Gasteiger partial charge in [0, 0.05) is 16.5 Å². The van der Waals surface area contributed by atoms with E-state index < -0.39 is 0 Å². The van der Waals surface area contributed by atoms with Crippen LogP contribution < -0.4 is 19.5 Å². The summed E-state index contributed by atoms with van der Waals surface area (Å²) in [5, 5.41) is 5.12. The Labute approximate surface area is 178 Å². The fourth-order valence-corrected chi connectivity index (χ4v) is 3.36. The van der Waals surface area contributed by atoms with Crippen molar-refractivity contribution in [1.82, 2.24) is 4.98 Å². The number of amides is 1. The molecule has 0 saturated carbocycles. The molecule has 2 aromatic carbocycles. The first-order valence-corrected chi connectivity index (χ1v) is 10.3. The van der Waals surface area contributed by atoms with E-state index in [4.69, 9.17) is 14.2 Å². The lowest BCUT2D eigenvalue weighted by atomic mass is 10.1. The van der Waals surface area contributed by atoms with Crippen molar-refractivity contribution in [3.63, 3.8) is 0 Å². The molecule has 0 bridgehead atoms. The maximum Gasteiger partial charge on any atom is 0.257 e. The molecule has 0 aliphatic heterocycles. The second kappa shape index (κ2) is 10.4. The first-order valence-electron chi connectivity index (χ1n) is 9.39. The minimum Gasteiger partial charge on any atom is -0.496 e. The van der Waals surface area contributed by atoms with Gasteiger partial charge in [0.25, 0.3) is 5.91 Å². The quantitative estimate of drug-likeness (QED) is 0.483. The van der Waals surface area contributed by atoms with E-state index in [-0.39, 0.29) is 12.5 Å². The number of hydrogen-bond donors (Lipinski definition) is 1. The van der Waals surface area contributed by atoms with E-state index in [1.807, 2.05) is 30.5 Å². The van der Waals surface area contributed by atoms with E-state index in [9.17, 15) is 9.59 Å². The number of thiazole rings is 1. The summed E-state index contributed by atoms with van der Waals surface area (Å²) in [4.78, 5) is 27.4. The van der Waals surface area contributed by atoms with Crippen LogP contribution in [0.15, 0.2) is 47.8 Å². The SMILES string of the molecule is CCCOc1ccc(OC)c(-c2csc(NC(=O)c3ccc(OCC=O)cc3)n2)c1. The molecule has 156 valence electrons. The lowest BCUT2D eigenvalue weighted by Gasteiger charge is -2.10. The first-order chi connectivity index (χ1) is 14.6. The van der Waals surface area contributed by atoms with Crippen molar-refractivity contribution in [1.29, 1.82) is 0 Å². The van der Waals surface area contributed by atoms with Crippen LogP contribution in [-0.4, -0.2) is 37.5 Å². The summed E-state index contributed by atoms with van der Waals surface area (Å²) >= 11 is 1.32. The van der Waals surface area contributed by atoms with Gasteiger partial charge in [-0.15, -0.1) is 11.3 Å². The maximum absolute atomic E-state index is 12.5. The van der Waals surface area contributed by atoms with Crippen LogP contribution in [0.3, 0.4) is 0 Å². The van der Waals surface area contributed by atoms with Crippen LogP contribution in [0, 0.1) is 0 Å². The lowest BCUT2D eigenvalue weighted by Crippen LogP contribution is -2.11. The predicted octanol–water partition coefficient (Wildman–Crippen LogP) is 4.44. The monoisotopic (exact) mass is 426 g/mol. The number of benzene rings is 2. The van der Waals surface area contributed by atoms with Crippen molar-refractivity contribution < 1.29 is 23.8 Å². The molecule has 8 heteroatoms. The van der Waals surface area contributed by atoms with Gasteiger partial charge in [-0.3, -0.25) is 14.9 Å². The number of rotatable bonds is 10. The number of methoxy groups -OCH3 is 1. The van der Waals surface area contributed by atoms with Gasteiger partial charge in [-0.1, -0.05) is 6.92 Å². The molecule has 0 aliphatic rings. The van der Waals surface area contributed by atoms with Gasteiger partial charge in [0.15, 0.2) is 11.4 Å². The molecule has 1 N–H and O–H groups in total. The molecule has 0 radical (unpaired) electrons. The number of carbonyl (C=O) groups excluding carboxylic acids is 2. The topological polar surface area (TPSA) is 86.8 Å². The predicted molar refractivity (Wildman–Crippen MR) is 116 cm³/mol. The minimum atomic E-state index is -0.287. The number of carbonyl (C=O) groups is 2. The van der Waals surface area contributed by atoms with E-state index in [0.29, 0.717) is 40.8 Å². The van der Waals surface area contributed by atoms with E-state index in [0.717, 1.165) is 17.7 Å². The lowest BCUT2D eigenvalue weighted by molar-refractivity contribution is -0.109. The third kappa shape index (κ3) is 5.36. The fraction of sp³-hybridized carbons (Fsp3) is 0.227. The highest BCUT2D eigenvalue weighted by Gasteiger charge is 2.14. The Balaban J connectivity index is 1.73. The van der Waals surface area contributed by atoms with Gasteiger partial charge in [0.05, 0.1) is 19.4 Å². The average Bonchev–Trinajstić information content (AvgIpc) is 3.24. The van der Waals surface area contributed by atoms with E-state index in [1.165, 1.54) is 11.3 Å². The Kier molecular flexibility index (Phi) is 7.40. The second-order valence-corrected chi connectivity index (χ2v) is 7.06. The maximum atomic E-state index is 12.5. The van der Waals surface area contributed by atoms with Gasteiger partial charge >= 0.3 is 0 Å². The molecular formula is C22H22N2O5S. The summed E-state index contributed by atoms with van der Waals surface area (Å²) in [6.45, 7) is 2.65. The van der Waals surface area contributed by atoms with E-state index in [1.54, 1.807) is 31.4 Å². The Hall–Kier alpha value is -3.39. The van der Waals surface area contributed by atoms with Crippen molar-refractivity contribution in [2.24, 2.45) is 0 Å². The molecule has 30 heavy (non-hydrogen) atoms. The second-order valence-electron chi connectivity index (χ2n) is 6.20. The Bertz CT molecular complexity index is 1000. The molecule has 0 fully saturated rings. The molecule has 7 nitrogen and oxygen atoms in total. The zero-order valence-electron chi connectivity index (χ0n) is 16.7. The molecule has 1 amide bonds. The Morgan fingerprint density at radius 2 is 1.90 bits per heavy atom. The van der Waals surface area contributed by atoms with Crippen LogP contribution in [0.2, 0.25) is 0 Å². The first kappa shape index (κ1) is 21.3. The molecule has 0 saturated heterocycles. The normalized spacial score (nSPS) is 10.3. The highest BCUT2D eigenvalue weighted by molar-refractivity contribution is 7.14. The smallest absolute Gasteiger partial charge is 0.257 e. The van der Waals surface area contributed by atoms with Crippen molar-refractivity contribution in [3.05, 3.63) is 53.4 Å². The molecule has 3 rings (SSSR count).